The number of carbonyl (C=O) groups is 2. The molecule has 36 heavy (non-hydrogen) atoms. The smallest absolute Gasteiger partial charge is 0.256 e. The van der Waals surface area contributed by atoms with Crippen LogP contribution in [0.1, 0.15) is 15.9 Å². The second kappa shape index (κ2) is 10.8. The summed E-state index contributed by atoms with van der Waals surface area (Å²) < 4.78 is 0.966. The van der Waals surface area contributed by atoms with Gasteiger partial charge in [0.25, 0.3) is 5.91 Å². The van der Waals surface area contributed by atoms with E-state index in [-0.39, 0.29) is 11.8 Å². The Hall–Kier alpha value is -3.90. The average molecular weight is 540 g/mol. The Morgan fingerprint density at radius 2 is 1.44 bits per heavy atom. The molecule has 6 heteroatoms. The van der Waals surface area contributed by atoms with E-state index in [0.717, 1.165) is 45.3 Å². The van der Waals surface area contributed by atoms with Crippen LogP contribution in [0.15, 0.2) is 102 Å². The standard InChI is InChI=1S/C30H26BrN3O2/c31-28-11-5-8-25-26(28)9-4-10-27(25)30(36)32-23-13-15-24(16-14-23)33-18-20-34(21-19-33)29(35)17-12-22-6-2-1-3-7-22/h1-17H,18-21H2,(H,32,36)/b17-12+. The molecule has 0 spiro atoms. The van der Waals surface area contributed by atoms with Crippen LogP contribution < -0.4 is 10.2 Å². The highest BCUT2D eigenvalue weighted by Gasteiger charge is 2.20. The highest BCUT2D eigenvalue weighted by molar-refractivity contribution is 9.10. The number of rotatable bonds is 5. The van der Waals surface area contributed by atoms with Crippen molar-refractivity contribution >= 4 is 56.0 Å². The molecule has 1 saturated heterocycles. The van der Waals surface area contributed by atoms with Crippen molar-refractivity contribution in [3.05, 3.63) is 113 Å². The molecular formula is C30H26BrN3O2. The summed E-state index contributed by atoms with van der Waals surface area (Å²) in [5.41, 5.74) is 3.48. The van der Waals surface area contributed by atoms with E-state index in [2.05, 4.69) is 26.1 Å². The van der Waals surface area contributed by atoms with Crippen LogP contribution in [-0.4, -0.2) is 42.9 Å². The first-order chi connectivity index (χ1) is 17.6. The third-order valence-electron chi connectivity index (χ3n) is 6.41. The van der Waals surface area contributed by atoms with Crippen LogP contribution in [0.2, 0.25) is 0 Å². The number of carbonyl (C=O) groups excluding carboxylic acids is 2. The Bertz CT molecular complexity index is 1410. The van der Waals surface area contributed by atoms with Crippen LogP contribution in [0.25, 0.3) is 16.8 Å². The normalized spacial score (nSPS) is 13.8. The minimum atomic E-state index is -0.137. The molecule has 0 atom stereocenters. The lowest BCUT2D eigenvalue weighted by Gasteiger charge is -2.35. The third kappa shape index (κ3) is 5.34. The van der Waals surface area contributed by atoms with Gasteiger partial charge in [-0.05, 0) is 58.8 Å². The molecule has 0 aromatic heterocycles. The predicted molar refractivity (Wildman–Crippen MR) is 150 cm³/mol. The van der Waals surface area contributed by atoms with E-state index in [1.807, 2.05) is 102 Å². The molecule has 1 heterocycles. The summed E-state index contributed by atoms with van der Waals surface area (Å²) in [6, 6.07) is 29.3. The summed E-state index contributed by atoms with van der Waals surface area (Å²) in [5.74, 6) is -0.0980. The Morgan fingerprint density at radius 1 is 0.750 bits per heavy atom. The molecule has 1 N–H and O–H groups in total. The molecule has 0 aliphatic carbocycles. The summed E-state index contributed by atoms with van der Waals surface area (Å²) in [6.45, 7) is 2.88. The molecule has 0 bridgehead atoms. The first kappa shape index (κ1) is 23.8. The zero-order valence-corrected chi connectivity index (χ0v) is 21.3. The molecule has 0 unspecified atom stereocenters. The monoisotopic (exact) mass is 539 g/mol. The third-order valence-corrected chi connectivity index (χ3v) is 7.10. The number of nitrogens with one attached hydrogen (secondary N) is 1. The topological polar surface area (TPSA) is 52.7 Å². The van der Waals surface area contributed by atoms with Crippen molar-refractivity contribution in [3.63, 3.8) is 0 Å². The zero-order chi connectivity index (χ0) is 24.9. The fraction of sp³-hybridized carbons (Fsp3) is 0.133. The van der Waals surface area contributed by atoms with Crippen molar-refractivity contribution < 1.29 is 9.59 Å². The maximum Gasteiger partial charge on any atom is 0.256 e. The lowest BCUT2D eigenvalue weighted by Crippen LogP contribution is -2.48. The maximum atomic E-state index is 13.0. The predicted octanol–water partition coefficient (Wildman–Crippen LogP) is 6.22. The summed E-state index contributed by atoms with van der Waals surface area (Å²) in [4.78, 5) is 29.7. The van der Waals surface area contributed by atoms with Gasteiger partial charge in [0.2, 0.25) is 5.91 Å². The van der Waals surface area contributed by atoms with E-state index < -0.39 is 0 Å². The summed E-state index contributed by atoms with van der Waals surface area (Å²) >= 11 is 3.56. The van der Waals surface area contributed by atoms with E-state index in [4.69, 9.17) is 0 Å². The minimum absolute atomic E-state index is 0.0389. The van der Waals surface area contributed by atoms with Crippen LogP contribution in [0.5, 0.6) is 0 Å². The minimum Gasteiger partial charge on any atom is -0.368 e. The van der Waals surface area contributed by atoms with Crippen LogP contribution in [0.3, 0.4) is 0 Å². The van der Waals surface area contributed by atoms with E-state index in [1.54, 1.807) is 6.08 Å². The molecule has 4 aromatic carbocycles. The van der Waals surface area contributed by atoms with Gasteiger partial charge in [-0.1, -0.05) is 70.5 Å². The van der Waals surface area contributed by atoms with Crippen LogP contribution >= 0.6 is 15.9 Å². The van der Waals surface area contributed by atoms with Crippen molar-refractivity contribution in [2.75, 3.05) is 36.4 Å². The van der Waals surface area contributed by atoms with E-state index in [1.165, 1.54) is 0 Å². The molecule has 5 rings (SSSR count). The number of anilines is 2. The molecule has 0 radical (unpaired) electrons. The molecule has 1 aliphatic heterocycles. The number of nitrogens with zero attached hydrogens (tertiary/aromatic N) is 2. The highest BCUT2D eigenvalue weighted by atomic mass is 79.9. The quantitative estimate of drug-likeness (QED) is 0.306. The Labute approximate surface area is 219 Å². The van der Waals surface area contributed by atoms with Gasteiger partial charge in [-0.25, -0.2) is 0 Å². The number of halogens is 1. The Kier molecular flexibility index (Phi) is 7.14. The van der Waals surface area contributed by atoms with Gasteiger partial charge in [0.1, 0.15) is 0 Å². The van der Waals surface area contributed by atoms with Crippen LogP contribution in [0.4, 0.5) is 11.4 Å². The lowest BCUT2D eigenvalue weighted by molar-refractivity contribution is -0.126. The van der Waals surface area contributed by atoms with Crippen molar-refractivity contribution in [3.8, 4) is 0 Å². The number of amides is 2. The Balaban J connectivity index is 1.18. The number of benzene rings is 4. The number of fused-ring (bicyclic) bond motifs is 1. The molecule has 1 aliphatic rings. The molecule has 1 fully saturated rings. The van der Waals surface area contributed by atoms with Crippen LogP contribution in [-0.2, 0) is 4.79 Å². The summed E-state index contributed by atoms with van der Waals surface area (Å²) in [5, 5.41) is 4.93. The highest BCUT2D eigenvalue weighted by Crippen LogP contribution is 2.27. The molecular weight excluding hydrogens is 514 g/mol. The van der Waals surface area contributed by atoms with E-state index in [0.29, 0.717) is 18.7 Å². The maximum absolute atomic E-state index is 13.0. The van der Waals surface area contributed by atoms with Gasteiger partial charge < -0.3 is 15.1 Å². The number of hydrogen-bond acceptors (Lipinski definition) is 3. The fourth-order valence-electron chi connectivity index (χ4n) is 4.45. The zero-order valence-electron chi connectivity index (χ0n) is 19.7. The SMILES string of the molecule is O=C(Nc1ccc(N2CCN(C(=O)/C=C/c3ccccc3)CC2)cc1)c1cccc2c(Br)cccc12. The molecule has 2 amide bonds. The fourth-order valence-corrected chi connectivity index (χ4v) is 4.94. The largest absolute Gasteiger partial charge is 0.368 e. The molecule has 4 aromatic rings. The first-order valence-corrected chi connectivity index (χ1v) is 12.7. The lowest BCUT2D eigenvalue weighted by atomic mass is 10.0. The van der Waals surface area contributed by atoms with Gasteiger partial charge in [-0.15, -0.1) is 0 Å². The van der Waals surface area contributed by atoms with Gasteiger partial charge in [-0.3, -0.25) is 9.59 Å². The second-order valence-corrected chi connectivity index (χ2v) is 9.55. The van der Waals surface area contributed by atoms with Gasteiger partial charge in [0.15, 0.2) is 0 Å². The summed E-state index contributed by atoms with van der Waals surface area (Å²) in [6.07, 6.45) is 3.51. The van der Waals surface area contributed by atoms with E-state index >= 15 is 0 Å². The average Bonchev–Trinajstić information content (AvgIpc) is 2.93. The number of hydrogen-bond donors (Lipinski definition) is 1. The van der Waals surface area contributed by atoms with Crippen molar-refractivity contribution in [2.24, 2.45) is 0 Å². The summed E-state index contributed by atoms with van der Waals surface area (Å²) in [7, 11) is 0. The van der Waals surface area contributed by atoms with Gasteiger partial charge in [-0.2, -0.15) is 0 Å². The van der Waals surface area contributed by atoms with Crippen LogP contribution in [0, 0.1) is 0 Å². The van der Waals surface area contributed by atoms with Gasteiger partial charge >= 0.3 is 0 Å². The Morgan fingerprint density at radius 3 is 2.19 bits per heavy atom. The van der Waals surface area contributed by atoms with Crippen molar-refractivity contribution in [1.29, 1.82) is 0 Å². The van der Waals surface area contributed by atoms with Crippen molar-refractivity contribution in [2.45, 2.75) is 0 Å². The molecule has 180 valence electrons. The molecule has 0 saturated carbocycles. The van der Waals surface area contributed by atoms with Gasteiger partial charge in [0.05, 0.1) is 0 Å². The van der Waals surface area contributed by atoms with Crippen molar-refractivity contribution in [1.82, 2.24) is 4.90 Å². The molecule has 5 nitrogen and oxygen atoms in total. The number of piperazine rings is 1. The second-order valence-electron chi connectivity index (χ2n) is 8.70. The first-order valence-electron chi connectivity index (χ1n) is 11.9. The van der Waals surface area contributed by atoms with Gasteiger partial charge in [0, 0.05) is 53.7 Å². The van der Waals surface area contributed by atoms with E-state index in [9.17, 15) is 9.59 Å².